The zero-order valence-electron chi connectivity index (χ0n) is 13.1. The molecule has 1 heterocycles. The van der Waals surface area contributed by atoms with Gasteiger partial charge in [0.05, 0.1) is 0 Å². The number of furan rings is 1. The van der Waals surface area contributed by atoms with E-state index in [9.17, 15) is 4.79 Å². The van der Waals surface area contributed by atoms with Gasteiger partial charge in [-0.3, -0.25) is 4.79 Å². The monoisotopic (exact) mass is 305 g/mol. The number of aryl methyl sites for hydroxylation is 2. The zero-order chi connectivity index (χ0) is 16.2. The predicted molar refractivity (Wildman–Crippen MR) is 92.4 cm³/mol. The molecular formula is C20H19NO2. The summed E-state index contributed by atoms with van der Waals surface area (Å²) in [5.74, 6) is 1.11. The van der Waals surface area contributed by atoms with Crippen molar-refractivity contribution in [2.24, 2.45) is 0 Å². The highest BCUT2D eigenvalue weighted by atomic mass is 16.3. The normalized spacial score (nSPS) is 10.7. The van der Waals surface area contributed by atoms with Gasteiger partial charge in [0, 0.05) is 17.7 Å². The van der Waals surface area contributed by atoms with Crippen LogP contribution >= 0.6 is 0 Å². The fourth-order valence-corrected chi connectivity index (χ4v) is 2.54. The number of ketones is 1. The van der Waals surface area contributed by atoms with E-state index in [-0.39, 0.29) is 5.78 Å². The van der Waals surface area contributed by atoms with E-state index >= 15 is 0 Å². The van der Waals surface area contributed by atoms with Crippen molar-refractivity contribution < 1.29 is 9.21 Å². The molecule has 0 aliphatic heterocycles. The average Bonchev–Trinajstić information content (AvgIpc) is 3.03. The van der Waals surface area contributed by atoms with E-state index in [1.165, 1.54) is 11.1 Å². The van der Waals surface area contributed by atoms with Crippen LogP contribution < -0.4 is 5.73 Å². The van der Waals surface area contributed by atoms with E-state index in [0.29, 0.717) is 23.6 Å². The summed E-state index contributed by atoms with van der Waals surface area (Å²) < 4.78 is 5.69. The second-order valence-corrected chi connectivity index (χ2v) is 5.70. The predicted octanol–water partition coefficient (Wildman–Crippen LogP) is 4.65. The summed E-state index contributed by atoms with van der Waals surface area (Å²) in [6.45, 7) is 2.05. The van der Waals surface area contributed by atoms with Crippen LogP contribution in [0.2, 0.25) is 0 Å². The fourth-order valence-electron chi connectivity index (χ4n) is 2.54. The van der Waals surface area contributed by atoms with E-state index < -0.39 is 0 Å². The van der Waals surface area contributed by atoms with Crippen molar-refractivity contribution in [3.8, 4) is 11.3 Å². The minimum atomic E-state index is 0.0215. The third-order valence-corrected chi connectivity index (χ3v) is 3.80. The van der Waals surface area contributed by atoms with E-state index in [1.807, 2.05) is 42.5 Å². The molecule has 23 heavy (non-hydrogen) atoms. The van der Waals surface area contributed by atoms with Gasteiger partial charge in [0.25, 0.3) is 0 Å². The first kappa shape index (κ1) is 15.1. The molecule has 0 radical (unpaired) electrons. The average molecular weight is 305 g/mol. The molecule has 0 aliphatic rings. The van der Waals surface area contributed by atoms with Crippen LogP contribution in [-0.2, 0) is 6.42 Å². The van der Waals surface area contributed by atoms with Gasteiger partial charge in [-0.15, -0.1) is 0 Å². The summed E-state index contributed by atoms with van der Waals surface area (Å²) in [7, 11) is 0. The summed E-state index contributed by atoms with van der Waals surface area (Å²) in [6.07, 6.45) is 1.16. The van der Waals surface area contributed by atoms with E-state index in [1.54, 1.807) is 6.07 Å². The van der Waals surface area contributed by atoms with Gasteiger partial charge in [-0.25, -0.2) is 0 Å². The first-order valence-electron chi connectivity index (χ1n) is 7.66. The Morgan fingerprint density at radius 1 is 1.04 bits per heavy atom. The van der Waals surface area contributed by atoms with Crippen LogP contribution in [0, 0.1) is 6.92 Å². The quantitative estimate of drug-likeness (QED) is 0.551. The molecule has 0 fully saturated rings. The van der Waals surface area contributed by atoms with Gasteiger partial charge in [0.2, 0.25) is 0 Å². The van der Waals surface area contributed by atoms with Crippen molar-refractivity contribution in [1.29, 1.82) is 0 Å². The molecule has 0 bridgehead atoms. The lowest BCUT2D eigenvalue weighted by Crippen LogP contribution is -1.99. The molecule has 0 atom stereocenters. The number of nitrogen functional groups attached to an aromatic ring is 1. The minimum Gasteiger partial charge on any atom is -0.453 e. The molecule has 3 aromatic rings. The highest BCUT2D eigenvalue weighted by Crippen LogP contribution is 2.24. The van der Waals surface area contributed by atoms with Crippen molar-refractivity contribution in [1.82, 2.24) is 0 Å². The van der Waals surface area contributed by atoms with Crippen LogP contribution in [0.4, 0.5) is 5.69 Å². The van der Waals surface area contributed by atoms with Crippen LogP contribution in [0.15, 0.2) is 65.1 Å². The highest BCUT2D eigenvalue weighted by molar-refractivity contribution is 5.94. The minimum absolute atomic E-state index is 0.0215. The second kappa shape index (κ2) is 6.53. The Kier molecular flexibility index (Phi) is 4.29. The maximum atomic E-state index is 12.3. The van der Waals surface area contributed by atoms with Gasteiger partial charge in [0.1, 0.15) is 5.76 Å². The number of rotatable bonds is 5. The molecule has 0 aliphatic carbocycles. The first-order valence-corrected chi connectivity index (χ1v) is 7.66. The number of anilines is 1. The number of carbonyl (C=O) groups is 1. The summed E-state index contributed by atoms with van der Waals surface area (Å²) in [5, 5.41) is 0. The zero-order valence-corrected chi connectivity index (χ0v) is 13.1. The lowest BCUT2D eigenvalue weighted by molar-refractivity contribution is 0.0957. The molecule has 3 rings (SSSR count). The van der Waals surface area contributed by atoms with E-state index in [2.05, 4.69) is 19.1 Å². The highest BCUT2D eigenvalue weighted by Gasteiger charge is 2.12. The number of hydrogen-bond donors (Lipinski definition) is 1. The Balaban J connectivity index is 1.67. The van der Waals surface area contributed by atoms with Crippen LogP contribution in [0.5, 0.6) is 0 Å². The third kappa shape index (κ3) is 3.69. The van der Waals surface area contributed by atoms with Crippen LogP contribution in [-0.4, -0.2) is 5.78 Å². The van der Waals surface area contributed by atoms with Gasteiger partial charge in [0.15, 0.2) is 11.5 Å². The van der Waals surface area contributed by atoms with Crippen molar-refractivity contribution in [3.63, 3.8) is 0 Å². The molecule has 2 N–H and O–H groups in total. The SMILES string of the molecule is Cc1cccc(CCC(=O)c2ccc(-c3ccc(N)cc3)o2)c1. The Labute approximate surface area is 135 Å². The lowest BCUT2D eigenvalue weighted by atomic mass is 10.0. The smallest absolute Gasteiger partial charge is 0.198 e. The molecule has 1 aromatic heterocycles. The largest absolute Gasteiger partial charge is 0.453 e. The van der Waals surface area contributed by atoms with Crippen molar-refractivity contribution in [2.75, 3.05) is 5.73 Å². The molecule has 0 spiro atoms. The molecule has 3 heteroatoms. The molecule has 3 nitrogen and oxygen atoms in total. The first-order chi connectivity index (χ1) is 11.1. The molecule has 116 valence electrons. The van der Waals surface area contributed by atoms with Gasteiger partial charge in [-0.1, -0.05) is 29.8 Å². The number of benzene rings is 2. The number of hydrogen-bond acceptors (Lipinski definition) is 3. The Morgan fingerprint density at radius 3 is 2.57 bits per heavy atom. The van der Waals surface area contributed by atoms with Gasteiger partial charge >= 0.3 is 0 Å². The number of carbonyl (C=O) groups excluding carboxylic acids is 1. The molecular weight excluding hydrogens is 286 g/mol. The lowest BCUT2D eigenvalue weighted by Gasteiger charge is -2.01. The summed E-state index contributed by atoms with van der Waals surface area (Å²) in [4.78, 5) is 12.3. The van der Waals surface area contributed by atoms with Crippen molar-refractivity contribution in [2.45, 2.75) is 19.8 Å². The van der Waals surface area contributed by atoms with E-state index in [0.717, 1.165) is 12.0 Å². The molecule has 0 unspecified atom stereocenters. The van der Waals surface area contributed by atoms with Crippen LogP contribution in [0.1, 0.15) is 28.1 Å². The maximum absolute atomic E-state index is 12.3. The summed E-state index contributed by atoms with van der Waals surface area (Å²) in [5.41, 5.74) is 9.67. The van der Waals surface area contributed by atoms with Gasteiger partial charge in [-0.05, 0) is 55.3 Å². The maximum Gasteiger partial charge on any atom is 0.198 e. The molecule has 0 saturated carbocycles. The summed E-state index contributed by atoms with van der Waals surface area (Å²) in [6, 6.07) is 19.2. The number of Topliss-reactive ketones (excluding diaryl/α,β-unsaturated/α-hetero) is 1. The molecule has 2 aromatic carbocycles. The topological polar surface area (TPSA) is 56.2 Å². The Morgan fingerprint density at radius 2 is 1.83 bits per heavy atom. The second-order valence-electron chi connectivity index (χ2n) is 5.70. The van der Waals surface area contributed by atoms with Gasteiger partial charge < -0.3 is 10.2 Å². The number of nitrogens with two attached hydrogens (primary N) is 1. The third-order valence-electron chi connectivity index (χ3n) is 3.80. The standard InChI is InChI=1S/C20H19NO2/c1-14-3-2-4-15(13-14)5-10-18(22)20-12-11-19(23-20)16-6-8-17(21)9-7-16/h2-4,6-9,11-13H,5,10,21H2,1H3. The van der Waals surface area contributed by atoms with E-state index in [4.69, 9.17) is 10.2 Å². The summed E-state index contributed by atoms with van der Waals surface area (Å²) >= 11 is 0. The molecule has 0 amide bonds. The fraction of sp³-hybridized carbons (Fsp3) is 0.150. The Bertz CT molecular complexity index is 816. The van der Waals surface area contributed by atoms with Crippen molar-refractivity contribution in [3.05, 3.63) is 77.6 Å². The van der Waals surface area contributed by atoms with Crippen LogP contribution in [0.3, 0.4) is 0 Å². The van der Waals surface area contributed by atoms with Crippen LogP contribution in [0.25, 0.3) is 11.3 Å². The molecule has 0 saturated heterocycles. The van der Waals surface area contributed by atoms with Crippen molar-refractivity contribution >= 4 is 11.5 Å². The Hall–Kier alpha value is -2.81. The van der Waals surface area contributed by atoms with Gasteiger partial charge in [-0.2, -0.15) is 0 Å².